The molecule has 6 heteroatoms. The van der Waals surface area contributed by atoms with E-state index < -0.39 is 0 Å². The second kappa shape index (κ2) is 5.33. The van der Waals surface area contributed by atoms with Gasteiger partial charge in [-0.1, -0.05) is 15.9 Å². The Balaban J connectivity index is 2.31. The monoisotopic (exact) mass is 376 g/mol. The lowest BCUT2D eigenvalue weighted by Crippen LogP contribution is -1.93. The van der Waals surface area contributed by atoms with Crippen LogP contribution < -0.4 is 4.74 Å². The van der Waals surface area contributed by atoms with Gasteiger partial charge >= 0.3 is 0 Å². The first-order valence-electron chi connectivity index (χ1n) is 4.69. The van der Waals surface area contributed by atoms with Crippen LogP contribution >= 0.6 is 43.5 Å². The summed E-state index contributed by atoms with van der Waals surface area (Å²) in [5.74, 6) is 1.09. The summed E-state index contributed by atoms with van der Waals surface area (Å²) in [4.78, 5) is 7.96. The molecule has 1 heterocycles. The highest BCUT2D eigenvalue weighted by Crippen LogP contribution is 2.31. The number of aryl methyl sites for hydroxylation is 1. The van der Waals surface area contributed by atoms with Crippen molar-refractivity contribution in [3.05, 3.63) is 44.2 Å². The van der Waals surface area contributed by atoms with Gasteiger partial charge in [-0.3, -0.25) is 0 Å². The highest BCUT2D eigenvalue weighted by Gasteiger charge is 2.06. The lowest BCUT2D eigenvalue weighted by molar-refractivity contribution is 0.458. The number of benzene rings is 1. The molecule has 2 rings (SSSR count). The number of rotatable bonds is 2. The first kappa shape index (κ1) is 12.8. The minimum Gasteiger partial charge on any atom is -0.438 e. The Hall–Kier alpha value is -0.650. The third kappa shape index (κ3) is 3.40. The van der Waals surface area contributed by atoms with Crippen molar-refractivity contribution in [1.82, 2.24) is 9.97 Å². The molecule has 17 heavy (non-hydrogen) atoms. The maximum Gasteiger partial charge on any atom is 0.225 e. The molecule has 0 aliphatic carbocycles. The van der Waals surface area contributed by atoms with Gasteiger partial charge in [0.15, 0.2) is 0 Å². The average molecular weight is 378 g/mol. The molecule has 0 saturated heterocycles. The number of aromatic nitrogens is 2. The molecule has 88 valence electrons. The Kier molecular flexibility index (Phi) is 4.01. The standard InChI is InChI=1S/C11H7Br2ClN2O/c1-6-4-10(16-11(14)15-6)17-9-3-2-7(12)5-8(9)13/h2-5H,1H3. The first-order valence-corrected chi connectivity index (χ1v) is 6.65. The Morgan fingerprint density at radius 2 is 1.94 bits per heavy atom. The van der Waals surface area contributed by atoms with Gasteiger partial charge in [0.25, 0.3) is 0 Å². The minimum absolute atomic E-state index is 0.174. The van der Waals surface area contributed by atoms with Crippen LogP contribution in [0.25, 0.3) is 0 Å². The fourth-order valence-electron chi connectivity index (χ4n) is 1.23. The molecular formula is C11H7Br2ClN2O. The minimum atomic E-state index is 0.174. The molecule has 3 nitrogen and oxygen atoms in total. The average Bonchev–Trinajstić information content (AvgIpc) is 2.21. The van der Waals surface area contributed by atoms with E-state index in [1.807, 2.05) is 25.1 Å². The van der Waals surface area contributed by atoms with E-state index in [0.29, 0.717) is 11.6 Å². The summed E-state index contributed by atoms with van der Waals surface area (Å²) in [6.45, 7) is 1.83. The number of hydrogen-bond acceptors (Lipinski definition) is 3. The number of hydrogen-bond donors (Lipinski definition) is 0. The Morgan fingerprint density at radius 3 is 2.59 bits per heavy atom. The fourth-order valence-corrected chi connectivity index (χ4v) is 2.57. The predicted octanol–water partition coefficient (Wildman–Crippen LogP) is 4.76. The van der Waals surface area contributed by atoms with E-state index in [0.717, 1.165) is 14.6 Å². The molecule has 0 radical (unpaired) electrons. The lowest BCUT2D eigenvalue weighted by atomic mass is 10.3. The normalized spacial score (nSPS) is 10.4. The van der Waals surface area contributed by atoms with Gasteiger partial charge in [-0.25, -0.2) is 4.98 Å². The van der Waals surface area contributed by atoms with Crippen molar-refractivity contribution >= 4 is 43.5 Å². The van der Waals surface area contributed by atoms with E-state index in [4.69, 9.17) is 16.3 Å². The van der Waals surface area contributed by atoms with Crippen LogP contribution in [0.4, 0.5) is 0 Å². The maximum atomic E-state index is 5.76. The molecule has 0 unspecified atom stereocenters. The zero-order valence-electron chi connectivity index (χ0n) is 8.75. The zero-order valence-corrected chi connectivity index (χ0v) is 12.7. The summed E-state index contributed by atoms with van der Waals surface area (Å²) in [5, 5.41) is 0.174. The quantitative estimate of drug-likeness (QED) is 0.707. The molecule has 0 aliphatic heterocycles. The predicted molar refractivity (Wildman–Crippen MR) is 73.7 cm³/mol. The largest absolute Gasteiger partial charge is 0.438 e. The molecule has 0 N–H and O–H groups in total. The summed E-state index contributed by atoms with van der Waals surface area (Å²) in [6, 6.07) is 7.33. The van der Waals surface area contributed by atoms with Crippen molar-refractivity contribution in [3.8, 4) is 11.6 Å². The van der Waals surface area contributed by atoms with E-state index in [-0.39, 0.29) is 5.28 Å². The lowest BCUT2D eigenvalue weighted by Gasteiger charge is -2.07. The van der Waals surface area contributed by atoms with Crippen LogP contribution in [0, 0.1) is 6.92 Å². The molecule has 0 bridgehead atoms. The highest BCUT2D eigenvalue weighted by molar-refractivity contribution is 9.11. The van der Waals surface area contributed by atoms with E-state index in [9.17, 15) is 0 Å². The van der Waals surface area contributed by atoms with Gasteiger partial charge in [0.05, 0.1) is 4.47 Å². The second-order valence-corrected chi connectivity index (χ2v) is 5.40. The molecule has 2 aromatic rings. The van der Waals surface area contributed by atoms with Crippen LogP contribution in [0.2, 0.25) is 5.28 Å². The molecule has 0 saturated carbocycles. The summed E-state index contributed by atoms with van der Waals surface area (Å²) < 4.78 is 7.42. The second-order valence-electron chi connectivity index (χ2n) is 3.29. The SMILES string of the molecule is Cc1cc(Oc2ccc(Br)cc2Br)nc(Cl)n1. The molecule has 1 aromatic heterocycles. The third-order valence-corrected chi connectivity index (χ3v) is 3.19. The van der Waals surface area contributed by atoms with Crippen LogP contribution in [-0.2, 0) is 0 Å². The van der Waals surface area contributed by atoms with Crippen molar-refractivity contribution in [3.63, 3.8) is 0 Å². The number of nitrogens with zero attached hydrogens (tertiary/aromatic N) is 2. The fraction of sp³-hybridized carbons (Fsp3) is 0.0909. The van der Waals surface area contributed by atoms with Crippen molar-refractivity contribution in [2.24, 2.45) is 0 Å². The van der Waals surface area contributed by atoms with Gasteiger partial charge in [0, 0.05) is 16.2 Å². The van der Waals surface area contributed by atoms with Gasteiger partial charge < -0.3 is 4.74 Å². The van der Waals surface area contributed by atoms with E-state index in [1.165, 1.54) is 0 Å². The van der Waals surface area contributed by atoms with E-state index >= 15 is 0 Å². The topological polar surface area (TPSA) is 35.0 Å². The van der Waals surface area contributed by atoms with Gasteiger partial charge in [0.1, 0.15) is 5.75 Å². The van der Waals surface area contributed by atoms with Crippen LogP contribution in [-0.4, -0.2) is 9.97 Å². The summed E-state index contributed by atoms with van der Waals surface area (Å²) in [6.07, 6.45) is 0. The van der Waals surface area contributed by atoms with Crippen LogP contribution in [0.1, 0.15) is 5.69 Å². The van der Waals surface area contributed by atoms with Crippen LogP contribution in [0.15, 0.2) is 33.2 Å². The molecule has 1 aromatic carbocycles. The van der Waals surface area contributed by atoms with E-state index in [1.54, 1.807) is 6.07 Å². The molecule has 0 aliphatic rings. The summed E-state index contributed by atoms with van der Waals surface area (Å²) in [7, 11) is 0. The molecule has 0 spiro atoms. The molecule has 0 atom stereocenters. The van der Waals surface area contributed by atoms with Gasteiger partial charge in [0.2, 0.25) is 11.2 Å². The Labute approximate surface area is 120 Å². The Bertz CT molecular complexity index is 543. The Morgan fingerprint density at radius 1 is 1.18 bits per heavy atom. The number of halogens is 3. The number of ether oxygens (including phenoxy) is 1. The first-order chi connectivity index (χ1) is 8.04. The van der Waals surface area contributed by atoms with Gasteiger partial charge in [-0.05, 0) is 52.7 Å². The van der Waals surface area contributed by atoms with Gasteiger partial charge in [-0.2, -0.15) is 4.98 Å². The molecule has 0 amide bonds. The van der Waals surface area contributed by atoms with Crippen molar-refractivity contribution in [2.75, 3.05) is 0 Å². The van der Waals surface area contributed by atoms with E-state index in [2.05, 4.69) is 41.8 Å². The van der Waals surface area contributed by atoms with Gasteiger partial charge in [-0.15, -0.1) is 0 Å². The van der Waals surface area contributed by atoms with Crippen molar-refractivity contribution < 1.29 is 4.74 Å². The van der Waals surface area contributed by atoms with Crippen LogP contribution in [0.3, 0.4) is 0 Å². The van der Waals surface area contributed by atoms with Crippen molar-refractivity contribution in [2.45, 2.75) is 6.92 Å². The molecule has 0 fully saturated rings. The zero-order chi connectivity index (χ0) is 12.4. The molecular weight excluding hydrogens is 371 g/mol. The van der Waals surface area contributed by atoms with Crippen molar-refractivity contribution in [1.29, 1.82) is 0 Å². The third-order valence-electron chi connectivity index (χ3n) is 1.91. The summed E-state index contributed by atoms with van der Waals surface area (Å²) in [5.41, 5.74) is 0.758. The highest BCUT2D eigenvalue weighted by atomic mass is 79.9. The maximum absolute atomic E-state index is 5.76. The van der Waals surface area contributed by atoms with Crippen LogP contribution in [0.5, 0.6) is 11.6 Å². The smallest absolute Gasteiger partial charge is 0.225 e. The summed E-state index contributed by atoms with van der Waals surface area (Å²) >= 11 is 12.5.